The molecule has 146 heavy (non-hydrogen) atoms. The zero-order chi connectivity index (χ0) is 101. The second-order valence-corrected chi connectivity index (χ2v) is 35.0. The number of ether oxygens (including phenoxy) is 6. The standard InChI is InChI=1S/C20H22FN7O3.2C19H20FN7O2.C19H19FN6O4.C17H12FN7O2/c21-12-6-24-19-17(18(22)26-28(19)8-12)20(29)25-15-7-23-4-3-16(15)31-14-2-1-5-27(9-14)13-10-30-11-13;2*20-12-7-23-18-16(17(21)25-27(18)9-12)19(28)24-13-8-22-4-1-14(13)29-15-10-26-5-2-11(15)3-6-26;20-11-7-23-17-15(16(21)25-26(17)9-11)18(27)24-13-8-22-6-5-14(13)30-12-3-1-10(2-4-12)19(28)29;18-10-6-22-16-14(15(19)24-25(16)9-10)17(26)23-12-8-21-5-3-13(12)27-11-2-1-4-20-7-11/h3-4,6-8,13-14H,1-2,5,9-11H2,(H2,22,26)(H,25,29);2*1,4,7-9,11,15H,2-3,5-6,10H2,(H2,21,25)(H,24,28);5-10,12H,1-4H2,(H2,21,25)(H,24,27)(H,28,29);1-9H,(H2,19,24)(H,23,26)/t14-;15-;;;/m01.../s1. The highest BCUT2D eigenvalue weighted by atomic mass is 19.1. The summed E-state index contributed by atoms with van der Waals surface area (Å²) in [5, 5.41) is 42.5. The van der Waals surface area contributed by atoms with Crippen LogP contribution in [0.15, 0.2) is 179 Å². The molecule has 16 N–H and O–H groups in total. The fourth-order valence-corrected chi connectivity index (χ4v) is 18.1. The number of carboxylic acid groups (broad SMARTS) is 1. The molecule has 9 aliphatic rings. The Balaban J connectivity index is 0.000000115. The van der Waals surface area contributed by atoms with E-state index in [1.807, 2.05) is 0 Å². The molecule has 5 amide bonds. The van der Waals surface area contributed by atoms with Crippen LogP contribution in [-0.2, 0) is 9.53 Å². The third kappa shape index (κ3) is 22.0. The number of carboxylic acids is 1. The Hall–Kier alpha value is -17.7. The van der Waals surface area contributed by atoms with Crippen LogP contribution in [0.1, 0.15) is 116 Å². The van der Waals surface area contributed by atoms with Crippen LogP contribution in [0.4, 0.5) is 79.5 Å². The summed E-state index contributed by atoms with van der Waals surface area (Å²) in [6.45, 7) is 9.62. The predicted octanol–water partition coefficient (Wildman–Crippen LogP) is 8.89. The second kappa shape index (κ2) is 43.0. The van der Waals surface area contributed by atoms with Crippen LogP contribution in [0.25, 0.3) is 28.2 Å². The molecule has 1 saturated carbocycles. The average molecular weight is 2000 g/mol. The lowest BCUT2D eigenvalue weighted by atomic mass is 9.86. The maximum absolute atomic E-state index is 13.4. The quantitative estimate of drug-likeness (QED) is 0.0282. The molecule has 8 saturated heterocycles. The van der Waals surface area contributed by atoms with Crippen molar-refractivity contribution >= 4 is 121 Å². The van der Waals surface area contributed by atoms with Crippen LogP contribution in [0.5, 0.6) is 34.5 Å². The Morgan fingerprint density at radius 1 is 0.356 bits per heavy atom. The molecule has 0 spiro atoms. The molecule has 1 unspecified atom stereocenters. The lowest BCUT2D eigenvalue weighted by Crippen LogP contribution is -2.54. The lowest BCUT2D eigenvalue weighted by molar-refractivity contribution is -0.143. The number of likely N-dealkylation sites (tertiary alicyclic amines) is 1. The van der Waals surface area contributed by atoms with Gasteiger partial charge in [0.05, 0.1) is 130 Å². The van der Waals surface area contributed by atoms with Gasteiger partial charge in [0.15, 0.2) is 92.2 Å². The van der Waals surface area contributed by atoms with Crippen molar-refractivity contribution in [3.63, 3.8) is 0 Å². The van der Waals surface area contributed by atoms with E-state index in [-0.39, 0.29) is 115 Å². The van der Waals surface area contributed by atoms with Crippen molar-refractivity contribution < 1.29 is 84.2 Å². The summed E-state index contributed by atoms with van der Waals surface area (Å²) in [5.74, 6) is -3.16. The molecule has 25 rings (SSSR count). The number of nitrogens with zero attached hydrogens (tertiary/aromatic N) is 24. The van der Waals surface area contributed by atoms with Crippen LogP contribution in [0.3, 0.4) is 0 Å². The molecule has 1 aliphatic carbocycles. The van der Waals surface area contributed by atoms with Crippen molar-refractivity contribution in [3.05, 3.63) is 236 Å². The van der Waals surface area contributed by atoms with Crippen LogP contribution < -0.4 is 78.9 Å². The fourth-order valence-electron chi connectivity index (χ4n) is 18.1. The Morgan fingerprint density at radius 2 is 0.671 bits per heavy atom. The molecule has 24 heterocycles. The molecule has 3 atom stereocenters. The molecule has 752 valence electrons. The maximum Gasteiger partial charge on any atom is 0.306 e. The number of carbonyl (C=O) groups excluding carboxylic acids is 5. The maximum atomic E-state index is 13.4. The molecule has 4 bridgehead atoms. The number of piperidine rings is 7. The number of aromatic nitrogens is 21. The number of nitrogens with two attached hydrogens (primary N) is 5. The number of hydrogen-bond donors (Lipinski definition) is 11. The number of rotatable bonds is 22. The smallest absolute Gasteiger partial charge is 0.306 e. The van der Waals surface area contributed by atoms with E-state index in [9.17, 15) is 50.7 Å². The van der Waals surface area contributed by atoms with E-state index < -0.39 is 64.6 Å². The minimum Gasteiger partial charge on any atom is -0.488 e. The van der Waals surface area contributed by atoms with E-state index in [0.717, 1.165) is 189 Å². The van der Waals surface area contributed by atoms with Crippen molar-refractivity contribution in [2.24, 2.45) is 17.8 Å². The lowest BCUT2D eigenvalue weighted by Gasteiger charge is -2.44. The minimum atomic E-state index is -0.787. The summed E-state index contributed by atoms with van der Waals surface area (Å²) < 4.78 is 108. The topological polar surface area (TPSA) is 606 Å². The van der Waals surface area contributed by atoms with Gasteiger partial charge < -0.3 is 88.8 Å². The van der Waals surface area contributed by atoms with Crippen LogP contribution in [0, 0.1) is 46.8 Å². The third-order valence-corrected chi connectivity index (χ3v) is 25.4. The van der Waals surface area contributed by atoms with Gasteiger partial charge in [-0.3, -0.25) is 73.4 Å². The molecular weight excluding hydrogens is 1910 g/mol. The number of fused-ring (bicyclic) bond motifs is 11. The molecule has 8 aliphatic heterocycles. The molecule has 16 aromatic rings. The van der Waals surface area contributed by atoms with Gasteiger partial charge in [-0.15, -0.1) is 25.5 Å². The van der Waals surface area contributed by atoms with E-state index >= 15 is 0 Å². The van der Waals surface area contributed by atoms with Gasteiger partial charge >= 0.3 is 5.97 Å². The van der Waals surface area contributed by atoms with E-state index in [2.05, 4.69) is 122 Å². The normalized spacial score (nSPS) is 19.3. The second-order valence-electron chi connectivity index (χ2n) is 35.0. The number of amides is 5. The number of aliphatic carboxylic acids is 1. The zero-order valence-electron chi connectivity index (χ0n) is 77.4. The number of nitrogens with one attached hydrogen (secondary N) is 5. The van der Waals surface area contributed by atoms with Crippen molar-refractivity contribution in [2.75, 3.05) is 121 Å². The van der Waals surface area contributed by atoms with Gasteiger partial charge in [-0.1, -0.05) is 0 Å². The average Bonchev–Trinajstić information content (AvgIpc) is 1.63. The van der Waals surface area contributed by atoms with E-state index in [0.29, 0.717) is 106 Å². The summed E-state index contributed by atoms with van der Waals surface area (Å²) in [5.41, 5.74) is 32.2. The summed E-state index contributed by atoms with van der Waals surface area (Å²) in [6, 6.07) is 12.3. The minimum absolute atomic E-state index is 0.000842. The summed E-state index contributed by atoms with van der Waals surface area (Å²) >= 11 is 0. The Bertz CT molecular complexity index is 7370. The summed E-state index contributed by atoms with van der Waals surface area (Å²) in [6.07, 6.45) is 37.7. The molecule has 9 fully saturated rings. The van der Waals surface area contributed by atoms with Gasteiger partial charge in [0.2, 0.25) is 0 Å². The Labute approximate surface area is 822 Å². The highest BCUT2D eigenvalue weighted by molar-refractivity contribution is 6.15. The first-order valence-electron chi connectivity index (χ1n) is 46.3. The summed E-state index contributed by atoms with van der Waals surface area (Å²) in [7, 11) is 0. The van der Waals surface area contributed by atoms with Crippen LogP contribution in [-0.4, -0.2) is 254 Å². The molecule has 47 nitrogen and oxygen atoms in total. The van der Waals surface area contributed by atoms with Gasteiger partial charge in [0.25, 0.3) is 29.5 Å². The predicted molar refractivity (Wildman–Crippen MR) is 513 cm³/mol. The highest BCUT2D eigenvalue weighted by Gasteiger charge is 2.40. The van der Waals surface area contributed by atoms with E-state index in [1.54, 1.807) is 67.3 Å². The van der Waals surface area contributed by atoms with Crippen molar-refractivity contribution in [2.45, 2.75) is 94.7 Å². The number of hydrogen-bond acceptors (Lipinski definition) is 36. The number of anilines is 10. The van der Waals surface area contributed by atoms with Gasteiger partial charge in [0.1, 0.15) is 103 Å². The first-order valence-corrected chi connectivity index (χ1v) is 46.3. The Morgan fingerprint density at radius 3 is 0.973 bits per heavy atom. The molecular formula is C94H93F5N34O13. The first-order chi connectivity index (χ1) is 70.8. The van der Waals surface area contributed by atoms with Gasteiger partial charge in [-0.25, -0.2) is 69.4 Å². The third-order valence-electron chi connectivity index (χ3n) is 25.4. The monoisotopic (exact) mass is 2000 g/mol. The largest absolute Gasteiger partial charge is 0.488 e. The van der Waals surface area contributed by atoms with Gasteiger partial charge in [-0.2, -0.15) is 0 Å². The molecule has 0 aromatic carbocycles. The van der Waals surface area contributed by atoms with Gasteiger partial charge in [-0.05, 0) is 121 Å². The first kappa shape index (κ1) is 97.1. The Kier molecular flexibility index (Phi) is 28.6. The van der Waals surface area contributed by atoms with Crippen LogP contribution >= 0.6 is 0 Å². The van der Waals surface area contributed by atoms with E-state index in [1.165, 1.54) is 49.6 Å². The number of carbonyl (C=O) groups is 6. The number of nitrogen functional groups attached to an aromatic ring is 5. The number of pyridine rings is 6. The van der Waals surface area contributed by atoms with Crippen LogP contribution in [0.2, 0.25) is 0 Å². The SMILES string of the molecule is Nc1nn2cc(F)cnc2c1C(=O)Nc1cnccc1OC1CCC(C(=O)O)CC1.Nc1nn2cc(F)cnc2c1C(=O)Nc1cnccc1OC1CN2CCC1CC2.Nc1nn2cc(F)cnc2c1C(=O)Nc1cnccc1O[C@@H]1CN2CCC1CC2.Nc1nn2cc(F)cnc2c1C(=O)Nc1cnccc1O[C@H]1CCCN(C2COC2)C1.Nc1nn2cc(F)cnc2c1C(=O)Nc1cnccc1Oc1cccnc1. The zero-order valence-corrected chi connectivity index (χ0v) is 77.4. The van der Waals surface area contributed by atoms with Crippen molar-refractivity contribution in [1.29, 1.82) is 0 Å². The van der Waals surface area contributed by atoms with Gasteiger partial charge in [0, 0.05) is 87.1 Å². The molecule has 16 aromatic heterocycles. The van der Waals surface area contributed by atoms with E-state index in [4.69, 9.17) is 62.2 Å². The highest BCUT2D eigenvalue weighted by Crippen LogP contribution is 2.40. The number of halogens is 5. The summed E-state index contributed by atoms with van der Waals surface area (Å²) in [4.78, 5) is 126. The van der Waals surface area contributed by atoms with Crippen molar-refractivity contribution in [3.8, 4) is 34.5 Å². The van der Waals surface area contributed by atoms with Crippen molar-refractivity contribution in [1.82, 2.24) is 118 Å². The molecule has 52 heteroatoms. The fraction of sp³-hybridized carbons (Fsp3) is 0.298. The molecule has 0 radical (unpaired) electrons.